The monoisotopic (exact) mass is 85.0 g/mol. The minimum Gasteiger partial charge on any atom is -0.478 e. The topological polar surface area (TPSA) is 36.3 Å². The summed E-state index contributed by atoms with van der Waals surface area (Å²) in [5.74, 6) is 6.75. The molecule has 1 rings (SSSR count). The van der Waals surface area contributed by atoms with Crippen molar-refractivity contribution in [1.82, 2.24) is 10.9 Å². The van der Waals surface area contributed by atoms with Gasteiger partial charge in [0.1, 0.15) is 6.26 Å². The van der Waals surface area contributed by atoms with E-state index in [1.54, 1.807) is 6.20 Å². The van der Waals surface area contributed by atoms with Gasteiger partial charge in [0, 0.05) is 0 Å². The van der Waals surface area contributed by atoms with E-state index >= 15 is 0 Å². The van der Waals surface area contributed by atoms with Crippen LogP contribution in [0.2, 0.25) is 0 Å². The first-order chi connectivity index (χ1) is 2.89. The van der Waals surface area contributed by atoms with Gasteiger partial charge in [-0.2, -0.15) is 0 Å². The highest BCUT2D eigenvalue weighted by Gasteiger charge is 1.94. The van der Waals surface area contributed by atoms with Crippen LogP contribution in [0.3, 0.4) is 0 Å². The molecule has 0 amide bonds. The summed E-state index contributed by atoms with van der Waals surface area (Å²) in [6.07, 6.45) is 3.05. The Morgan fingerprint density at radius 2 is 2.67 bits per heavy atom. The van der Waals surface area contributed by atoms with E-state index < -0.39 is 0 Å². The molecule has 1 heterocycles. The molecule has 0 aromatic rings. The molecular formula is C3H5N2O. The largest absolute Gasteiger partial charge is 0.478 e. The van der Waals surface area contributed by atoms with Crippen LogP contribution in [0.5, 0.6) is 0 Å². The molecule has 33 valence electrons. The standard InChI is InChI=1S/C3H5N2O/c4-5-1-2-6-3-5/h1-2,4H,3H2. The van der Waals surface area contributed by atoms with E-state index in [1.165, 1.54) is 11.3 Å². The number of nitrogens with zero attached hydrogens (tertiary/aromatic N) is 1. The van der Waals surface area contributed by atoms with Gasteiger partial charge in [0.15, 0.2) is 6.73 Å². The third-order valence-corrected chi connectivity index (χ3v) is 0.551. The van der Waals surface area contributed by atoms with Crippen LogP contribution in [0.15, 0.2) is 12.5 Å². The third-order valence-electron chi connectivity index (χ3n) is 0.551. The maximum absolute atomic E-state index is 6.75. The Morgan fingerprint density at radius 1 is 1.83 bits per heavy atom. The van der Waals surface area contributed by atoms with E-state index in [2.05, 4.69) is 4.74 Å². The maximum atomic E-state index is 6.75. The van der Waals surface area contributed by atoms with Crippen molar-refractivity contribution in [2.75, 3.05) is 6.73 Å². The number of ether oxygens (including phenoxy) is 1. The first-order valence-corrected chi connectivity index (χ1v) is 1.66. The number of hydrogen-bond donors (Lipinski definition) is 0. The number of nitrogens with one attached hydrogen (secondary N) is 1. The Hall–Kier alpha value is -0.700. The quantitative estimate of drug-likeness (QED) is 0.413. The zero-order valence-electron chi connectivity index (χ0n) is 3.22. The lowest BCUT2D eigenvalue weighted by molar-refractivity contribution is 0.166. The minimum atomic E-state index is 0.375. The fraction of sp³-hybridized carbons (Fsp3) is 0.333. The molecule has 0 bridgehead atoms. The fourth-order valence-electron chi connectivity index (χ4n) is 0.283. The van der Waals surface area contributed by atoms with Gasteiger partial charge in [-0.1, -0.05) is 0 Å². The Kier molecular flexibility index (Phi) is 0.686. The normalized spacial score (nSPS) is 18.5. The summed E-state index contributed by atoms with van der Waals surface area (Å²) in [5, 5.41) is 1.21. The maximum Gasteiger partial charge on any atom is 0.175 e. The molecule has 0 unspecified atom stereocenters. The zero-order chi connectivity index (χ0) is 4.41. The van der Waals surface area contributed by atoms with E-state index in [0.717, 1.165) is 0 Å². The van der Waals surface area contributed by atoms with Gasteiger partial charge in [-0.05, 0) is 0 Å². The highest BCUT2D eigenvalue weighted by atomic mass is 16.5. The Labute approximate surface area is 36.0 Å². The van der Waals surface area contributed by atoms with Crippen molar-refractivity contribution < 1.29 is 4.74 Å². The van der Waals surface area contributed by atoms with Crippen molar-refractivity contribution in [3.63, 3.8) is 0 Å². The molecule has 0 spiro atoms. The average molecular weight is 85.1 g/mol. The van der Waals surface area contributed by atoms with Crippen molar-refractivity contribution in [2.45, 2.75) is 0 Å². The Balaban J connectivity index is 2.38. The first-order valence-electron chi connectivity index (χ1n) is 1.66. The minimum absolute atomic E-state index is 0.375. The summed E-state index contributed by atoms with van der Waals surface area (Å²) in [6.45, 7) is 0.375. The van der Waals surface area contributed by atoms with Crippen LogP contribution in [-0.4, -0.2) is 11.7 Å². The van der Waals surface area contributed by atoms with Gasteiger partial charge in [0.05, 0.1) is 6.20 Å². The van der Waals surface area contributed by atoms with Gasteiger partial charge in [0.2, 0.25) is 0 Å². The molecule has 1 N–H and O–H groups in total. The molecule has 0 aliphatic carbocycles. The van der Waals surface area contributed by atoms with Gasteiger partial charge < -0.3 is 4.74 Å². The number of hydrogen-bond acceptors (Lipinski definition) is 2. The van der Waals surface area contributed by atoms with E-state index in [4.69, 9.17) is 5.84 Å². The smallest absolute Gasteiger partial charge is 0.175 e. The average Bonchev–Trinajstić information content (AvgIpc) is 1.86. The second kappa shape index (κ2) is 1.18. The lowest BCUT2D eigenvalue weighted by Crippen LogP contribution is -2.10. The van der Waals surface area contributed by atoms with Gasteiger partial charge >= 0.3 is 0 Å². The second-order valence-corrected chi connectivity index (χ2v) is 1.05. The third kappa shape index (κ3) is 0.440. The van der Waals surface area contributed by atoms with Crippen molar-refractivity contribution in [3.05, 3.63) is 12.5 Å². The van der Waals surface area contributed by atoms with Crippen LogP contribution in [0.4, 0.5) is 0 Å². The van der Waals surface area contributed by atoms with Crippen molar-refractivity contribution in [3.8, 4) is 0 Å². The lowest BCUT2D eigenvalue weighted by atomic mass is 11.0. The zero-order valence-corrected chi connectivity index (χ0v) is 3.22. The van der Waals surface area contributed by atoms with E-state index in [1.807, 2.05) is 0 Å². The number of rotatable bonds is 0. The lowest BCUT2D eigenvalue weighted by Gasteiger charge is -1.98. The Bertz CT molecular complexity index is 71.2. The first kappa shape index (κ1) is 3.49. The summed E-state index contributed by atoms with van der Waals surface area (Å²) >= 11 is 0. The molecule has 0 saturated carbocycles. The van der Waals surface area contributed by atoms with E-state index in [9.17, 15) is 0 Å². The molecule has 1 aliphatic rings. The summed E-state index contributed by atoms with van der Waals surface area (Å²) in [6, 6.07) is 0. The fourth-order valence-corrected chi connectivity index (χ4v) is 0.283. The molecule has 3 heteroatoms. The van der Waals surface area contributed by atoms with Crippen LogP contribution >= 0.6 is 0 Å². The molecule has 0 atom stereocenters. The molecule has 0 aromatic carbocycles. The Morgan fingerprint density at radius 3 is 2.83 bits per heavy atom. The van der Waals surface area contributed by atoms with Crippen LogP contribution in [-0.2, 0) is 4.74 Å². The highest BCUT2D eigenvalue weighted by molar-refractivity contribution is 4.74. The molecule has 6 heavy (non-hydrogen) atoms. The summed E-state index contributed by atoms with van der Waals surface area (Å²) < 4.78 is 4.61. The van der Waals surface area contributed by atoms with Gasteiger partial charge in [0.25, 0.3) is 0 Å². The van der Waals surface area contributed by atoms with Crippen molar-refractivity contribution >= 4 is 0 Å². The predicted molar refractivity (Wildman–Crippen MR) is 20.0 cm³/mol. The summed E-state index contributed by atoms with van der Waals surface area (Å²) in [4.78, 5) is 0. The summed E-state index contributed by atoms with van der Waals surface area (Å²) in [7, 11) is 0. The van der Waals surface area contributed by atoms with E-state index in [0.29, 0.717) is 6.73 Å². The molecule has 3 nitrogen and oxygen atoms in total. The SMILES string of the molecule is [NH]N1C=COC1. The van der Waals surface area contributed by atoms with Crippen molar-refractivity contribution in [2.24, 2.45) is 0 Å². The molecule has 0 fully saturated rings. The van der Waals surface area contributed by atoms with Gasteiger partial charge in [-0.15, -0.1) is 5.84 Å². The van der Waals surface area contributed by atoms with Gasteiger partial charge in [-0.25, -0.2) is 0 Å². The van der Waals surface area contributed by atoms with Crippen LogP contribution in [0, 0.1) is 0 Å². The second-order valence-electron chi connectivity index (χ2n) is 1.05. The molecular weight excluding hydrogens is 80.0 g/mol. The molecule has 0 aromatic heterocycles. The molecule has 1 aliphatic heterocycles. The summed E-state index contributed by atoms with van der Waals surface area (Å²) in [5.41, 5.74) is 0. The highest BCUT2D eigenvalue weighted by Crippen LogP contribution is 1.92. The van der Waals surface area contributed by atoms with Gasteiger partial charge in [-0.3, -0.25) is 5.01 Å². The van der Waals surface area contributed by atoms with Crippen molar-refractivity contribution in [1.29, 1.82) is 0 Å². The van der Waals surface area contributed by atoms with Crippen LogP contribution < -0.4 is 5.84 Å². The van der Waals surface area contributed by atoms with E-state index in [-0.39, 0.29) is 0 Å². The van der Waals surface area contributed by atoms with Crippen LogP contribution in [0.25, 0.3) is 0 Å². The van der Waals surface area contributed by atoms with Crippen LogP contribution in [0.1, 0.15) is 0 Å². The predicted octanol–water partition coefficient (Wildman–Crippen LogP) is -0.0548. The molecule has 0 saturated heterocycles. The molecule has 1 radical (unpaired) electrons.